The molecular formula is C14H12N4OS2. The maximum Gasteiger partial charge on any atom is 0.203 e. The van der Waals surface area contributed by atoms with Crippen LogP contribution in [0.3, 0.4) is 0 Å². The molecule has 3 aromatic rings. The number of thioether (sulfide) groups is 1. The molecular weight excluding hydrogens is 304 g/mol. The smallest absolute Gasteiger partial charge is 0.203 e. The zero-order valence-electron chi connectivity index (χ0n) is 11.0. The first-order valence-corrected chi connectivity index (χ1v) is 7.99. The van der Waals surface area contributed by atoms with Gasteiger partial charge >= 0.3 is 0 Å². The highest BCUT2D eigenvalue weighted by atomic mass is 32.2. The second-order valence-corrected chi connectivity index (χ2v) is 6.32. The van der Waals surface area contributed by atoms with E-state index in [0.29, 0.717) is 5.13 Å². The molecule has 1 aromatic carbocycles. The fourth-order valence-corrected chi connectivity index (χ4v) is 3.30. The second-order valence-electron chi connectivity index (χ2n) is 4.09. The van der Waals surface area contributed by atoms with Gasteiger partial charge in [-0.25, -0.2) is 0 Å². The van der Waals surface area contributed by atoms with Crippen LogP contribution >= 0.6 is 23.1 Å². The zero-order valence-corrected chi connectivity index (χ0v) is 12.6. The molecule has 0 aliphatic carbocycles. The van der Waals surface area contributed by atoms with E-state index in [1.165, 1.54) is 11.3 Å². The van der Waals surface area contributed by atoms with Crippen LogP contribution in [-0.2, 0) is 5.75 Å². The van der Waals surface area contributed by atoms with Gasteiger partial charge < -0.3 is 10.5 Å². The van der Waals surface area contributed by atoms with Gasteiger partial charge in [0.1, 0.15) is 11.5 Å². The van der Waals surface area contributed by atoms with Crippen LogP contribution in [-0.4, -0.2) is 15.2 Å². The number of benzene rings is 1. The predicted octanol–water partition coefficient (Wildman–Crippen LogP) is 3.60. The maximum atomic E-state index is 5.87. The monoisotopic (exact) mass is 316 g/mol. The largest absolute Gasteiger partial charge is 0.455 e. The molecule has 0 aliphatic heterocycles. The molecule has 0 amide bonds. The number of pyridine rings is 1. The average molecular weight is 316 g/mol. The Kier molecular flexibility index (Phi) is 4.32. The van der Waals surface area contributed by atoms with E-state index >= 15 is 0 Å². The summed E-state index contributed by atoms with van der Waals surface area (Å²) in [5.41, 5.74) is 6.66. The van der Waals surface area contributed by atoms with Crippen molar-refractivity contribution in [2.24, 2.45) is 0 Å². The summed E-state index contributed by atoms with van der Waals surface area (Å²) in [5, 5.41) is 8.29. The number of nitrogens with two attached hydrogens (primary N) is 1. The van der Waals surface area contributed by atoms with Crippen molar-refractivity contribution in [3.8, 4) is 11.5 Å². The van der Waals surface area contributed by atoms with Gasteiger partial charge in [-0.3, -0.25) is 4.98 Å². The SMILES string of the molecule is Nc1nnc(SCc2ccccc2Oc2cccnc2)s1. The zero-order chi connectivity index (χ0) is 14.5. The number of nitrogens with zero attached hydrogens (tertiary/aromatic N) is 3. The molecule has 21 heavy (non-hydrogen) atoms. The van der Waals surface area contributed by atoms with E-state index in [2.05, 4.69) is 15.2 Å². The highest BCUT2D eigenvalue weighted by molar-refractivity contribution is 8.00. The van der Waals surface area contributed by atoms with Crippen molar-refractivity contribution in [3.63, 3.8) is 0 Å². The van der Waals surface area contributed by atoms with Gasteiger partial charge in [-0.2, -0.15) is 0 Å². The van der Waals surface area contributed by atoms with Crippen LogP contribution in [0.2, 0.25) is 0 Å². The van der Waals surface area contributed by atoms with Crippen LogP contribution < -0.4 is 10.5 Å². The third kappa shape index (κ3) is 3.71. The number of hydrogen-bond acceptors (Lipinski definition) is 7. The molecule has 0 fully saturated rings. The minimum atomic E-state index is 0.484. The summed E-state index contributed by atoms with van der Waals surface area (Å²) >= 11 is 2.97. The average Bonchev–Trinajstić information content (AvgIpc) is 2.93. The van der Waals surface area contributed by atoms with Gasteiger partial charge in [0.2, 0.25) is 5.13 Å². The summed E-state index contributed by atoms with van der Waals surface area (Å²) in [4.78, 5) is 4.05. The van der Waals surface area contributed by atoms with Crippen LogP contribution in [0.25, 0.3) is 0 Å². The highest BCUT2D eigenvalue weighted by Crippen LogP contribution is 2.32. The molecule has 7 heteroatoms. The van der Waals surface area contributed by atoms with E-state index in [4.69, 9.17) is 10.5 Å². The third-order valence-electron chi connectivity index (χ3n) is 2.61. The van der Waals surface area contributed by atoms with E-state index < -0.39 is 0 Å². The Morgan fingerprint density at radius 1 is 1.14 bits per heavy atom. The fraction of sp³-hybridized carbons (Fsp3) is 0.0714. The highest BCUT2D eigenvalue weighted by Gasteiger charge is 2.07. The molecule has 106 valence electrons. The number of hydrogen-bond donors (Lipinski definition) is 1. The lowest BCUT2D eigenvalue weighted by Gasteiger charge is -2.09. The molecule has 3 rings (SSSR count). The minimum Gasteiger partial charge on any atom is -0.455 e. The van der Waals surface area contributed by atoms with Gasteiger partial charge in [0.15, 0.2) is 4.34 Å². The molecule has 2 N–H and O–H groups in total. The normalized spacial score (nSPS) is 10.5. The third-order valence-corrected chi connectivity index (χ3v) is 4.54. The number of anilines is 1. The summed E-state index contributed by atoms with van der Waals surface area (Å²) in [6, 6.07) is 11.6. The maximum absolute atomic E-state index is 5.87. The van der Waals surface area contributed by atoms with Crippen molar-refractivity contribution in [1.29, 1.82) is 0 Å². The van der Waals surface area contributed by atoms with E-state index in [9.17, 15) is 0 Å². The van der Waals surface area contributed by atoms with Crippen molar-refractivity contribution in [2.45, 2.75) is 10.1 Å². The minimum absolute atomic E-state index is 0.484. The van der Waals surface area contributed by atoms with E-state index in [1.54, 1.807) is 24.2 Å². The molecule has 0 saturated carbocycles. The van der Waals surface area contributed by atoms with Crippen LogP contribution in [0.5, 0.6) is 11.5 Å². The molecule has 0 bridgehead atoms. The summed E-state index contributed by atoms with van der Waals surface area (Å²) in [5.74, 6) is 2.27. The van der Waals surface area contributed by atoms with Gasteiger partial charge in [-0.1, -0.05) is 41.3 Å². The van der Waals surface area contributed by atoms with Gasteiger partial charge in [-0.05, 0) is 18.2 Å². The van der Waals surface area contributed by atoms with E-state index in [1.807, 2.05) is 36.4 Å². The predicted molar refractivity (Wildman–Crippen MR) is 84.6 cm³/mol. The van der Waals surface area contributed by atoms with E-state index in [0.717, 1.165) is 27.2 Å². The first-order valence-electron chi connectivity index (χ1n) is 6.19. The number of aromatic nitrogens is 3. The Morgan fingerprint density at radius 3 is 2.81 bits per heavy atom. The number of ether oxygens (including phenoxy) is 1. The topological polar surface area (TPSA) is 73.9 Å². The molecule has 2 heterocycles. The van der Waals surface area contributed by atoms with Crippen LogP contribution in [0, 0.1) is 0 Å². The molecule has 0 saturated heterocycles. The number of para-hydroxylation sites is 1. The van der Waals surface area contributed by atoms with Crippen molar-refractivity contribution < 1.29 is 4.74 Å². The first kappa shape index (κ1) is 13.8. The van der Waals surface area contributed by atoms with Gasteiger partial charge in [0.05, 0.1) is 6.20 Å². The van der Waals surface area contributed by atoms with Gasteiger partial charge in [0, 0.05) is 17.5 Å². The molecule has 2 aromatic heterocycles. The summed E-state index contributed by atoms with van der Waals surface area (Å²) < 4.78 is 6.72. The Morgan fingerprint density at radius 2 is 2.05 bits per heavy atom. The lowest BCUT2D eigenvalue weighted by molar-refractivity contribution is 0.476. The first-order chi connectivity index (χ1) is 10.3. The van der Waals surface area contributed by atoms with Crippen LogP contribution in [0.1, 0.15) is 5.56 Å². The summed E-state index contributed by atoms with van der Waals surface area (Å²) in [6.07, 6.45) is 3.41. The quantitative estimate of drug-likeness (QED) is 0.725. The Labute approximate surface area is 130 Å². The van der Waals surface area contributed by atoms with Crippen molar-refractivity contribution in [2.75, 3.05) is 5.73 Å². The molecule has 0 radical (unpaired) electrons. The van der Waals surface area contributed by atoms with Crippen LogP contribution in [0.4, 0.5) is 5.13 Å². The number of nitrogen functional groups attached to an aromatic ring is 1. The summed E-state index contributed by atoms with van der Waals surface area (Å²) in [7, 11) is 0. The lowest BCUT2D eigenvalue weighted by atomic mass is 10.2. The van der Waals surface area contributed by atoms with Crippen LogP contribution in [0.15, 0.2) is 53.1 Å². The molecule has 0 unspecified atom stereocenters. The molecule has 0 atom stereocenters. The number of rotatable bonds is 5. The van der Waals surface area contributed by atoms with Crippen molar-refractivity contribution in [3.05, 3.63) is 54.4 Å². The molecule has 0 spiro atoms. The Balaban J connectivity index is 1.73. The van der Waals surface area contributed by atoms with Gasteiger partial charge in [-0.15, -0.1) is 10.2 Å². The Hall–Kier alpha value is -2.12. The fourth-order valence-electron chi connectivity index (χ4n) is 1.68. The summed E-state index contributed by atoms with van der Waals surface area (Å²) in [6.45, 7) is 0. The van der Waals surface area contributed by atoms with E-state index in [-0.39, 0.29) is 0 Å². The van der Waals surface area contributed by atoms with Gasteiger partial charge in [0.25, 0.3) is 0 Å². The molecule has 0 aliphatic rings. The standard InChI is InChI=1S/C14H12N4OS2/c15-13-17-18-14(21-13)20-9-10-4-1-2-6-12(10)19-11-5-3-7-16-8-11/h1-8H,9H2,(H2,15,17). The lowest BCUT2D eigenvalue weighted by Crippen LogP contribution is -1.90. The van der Waals surface area contributed by atoms with Crippen molar-refractivity contribution >= 4 is 28.2 Å². The molecule has 5 nitrogen and oxygen atoms in total. The Bertz CT molecular complexity index is 718. The van der Waals surface area contributed by atoms with Crippen molar-refractivity contribution in [1.82, 2.24) is 15.2 Å². The second kappa shape index (κ2) is 6.55.